The monoisotopic (exact) mass is 204 g/mol. The summed E-state index contributed by atoms with van der Waals surface area (Å²) in [5.74, 6) is 6.23. The van der Waals surface area contributed by atoms with Crippen LogP contribution in [0.5, 0.6) is 0 Å². The number of piperazine rings is 1. The normalized spacial score (nSPS) is 17.1. The van der Waals surface area contributed by atoms with Gasteiger partial charge in [0.25, 0.3) is 0 Å². The lowest BCUT2D eigenvalue weighted by Gasteiger charge is -2.24. The molecule has 2 heterocycles. The van der Waals surface area contributed by atoms with Gasteiger partial charge < -0.3 is 5.32 Å². The maximum atomic E-state index is 4.21. The molecule has 1 aromatic rings. The first-order valence-electron chi connectivity index (χ1n) is 5.26. The summed E-state index contributed by atoms with van der Waals surface area (Å²) >= 11 is 0. The van der Waals surface area contributed by atoms with E-state index >= 15 is 0 Å². The zero-order valence-electron chi connectivity index (χ0n) is 9.03. The second-order valence-electron chi connectivity index (χ2n) is 3.70. The third-order valence-corrected chi connectivity index (χ3v) is 2.44. The highest BCUT2D eigenvalue weighted by Gasteiger charge is 2.06. The molecular weight excluding hydrogens is 188 g/mol. The zero-order valence-corrected chi connectivity index (χ0v) is 9.03. The van der Waals surface area contributed by atoms with Crippen LogP contribution in [0.15, 0.2) is 12.3 Å². The summed E-state index contributed by atoms with van der Waals surface area (Å²) in [6, 6.07) is 1.94. The Morgan fingerprint density at radius 1 is 1.47 bits per heavy atom. The summed E-state index contributed by atoms with van der Waals surface area (Å²) in [5, 5.41) is 7.53. The number of nitrogens with one attached hydrogen (secondary N) is 1. The molecule has 15 heavy (non-hydrogen) atoms. The zero-order chi connectivity index (χ0) is 10.5. The highest BCUT2D eigenvalue weighted by molar-refractivity contribution is 5.26. The molecule has 1 aliphatic rings. The van der Waals surface area contributed by atoms with Gasteiger partial charge in [-0.3, -0.25) is 9.58 Å². The molecule has 0 saturated carbocycles. The van der Waals surface area contributed by atoms with E-state index in [9.17, 15) is 0 Å². The van der Waals surface area contributed by atoms with Crippen LogP contribution in [-0.4, -0.2) is 47.4 Å². The second kappa shape index (κ2) is 4.96. The van der Waals surface area contributed by atoms with Crippen LogP contribution in [0.25, 0.3) is 0 Å². The van der Waals surface area contributed by atoms with Crippen LogP contribution in [0, 0.1) is 11.8 Å². The quantitative estimate of drug-likeness (QED) is 0.636. The molecule has 2 rings (SSSR count). The van der Waals surface area contributed by atoms with Crippen LogP contribution in [0.4, 0.5) is 0 Å². The van der Waals surface area contributed by atoms with Gasteiger partial charge in [0.05, 0.1) is 6.54 Å². The Morgan fingerprint density at radius 2 is 2.27 bits per heavy atom. The third kappa shape index (κ3) is 3.08. The average Bonchev–Trinajstić information content (AvgIpc) is 2.66. The molecule has 4 heteroatoms. The summed E-state index contributed by atoms with van der Waals surface area (Å²) < 4.78 is 1.77. The number of aromatic nitrogens is 2. The molecular formula is C11H16N4. The fourth-order valence-electron chi connectivity index (χ4n) is 1.59. The molecule has 1 aromatic heterocycles. The van der Waals surface area contributed by atoms with E-state index < -0.39 is 0 Å². The van der Waals surface area contributed by atoms with Crippen LogP contribution < -0.4 is 5.32 Å². The first kappa shape index (κ1) is 10.2. The maximum absolute atomic E-state index is 4.21. The van der Waals surface area contributed by atoms with Crippen LogP contribution in [0.3, 0.4) is 0 Å². The van der Waals surface area contributed by atoms with Crippen molar-refractivity contribution in [2.24, 2.45) is 7.05 Å². The van der Waals surface area contributed by atoms with Gasteiger partial charge in [0.2, 0.25) is 0 Å². The van der Waals surface area contributed by atoms with Crippen LogP contribution in [0.2, 0.25) is 0 Å². The molecule has 0 radical (unpaired) electrons. The first-order chi connectivity index (χ1) is 7.34. The van der Waals surface area contributed by atoms with Gasteiger partial charge in [-0.1, -0.05) is 5.92 Å². The molecule has 0 spiro atoms. The van der Waals surface area contributed by atoms with E-state index in [-0.39, 0.29) is 0 Å². The Bertz CT molecular complexity index is 365. The van der Waals surface area contributed by atoms with Crippen LogP contribution in [0.1, 0.15) is 5.69 Å². The van der Waals surface area contributed by atoms with E-state index in [1.54, 1.807) is 4.68 Å². The highest BCUT2D eigenvalue weighted by Crippen LogP contribution is 1.92. The van der Waals surface area contributed by atoms with Gasteiger partial charge in [-0.2, -0.15) is 5.10 Å². The van der Waals surface area contributed by atoms with Gasteiger partial charge in [0.15, 0.2) is 0 Å². The molecule has 1 saturated heterocycles. The molecule has 1 aliphatic heterocycles. The van der Waals surface area contributed by atoms with Crippen molar-refractivity contribution in [3.8, 4) is 11.8 Å². The van der Waals surface area contributed by atoms with Crippen molar-refractivity contribution >= 4 is 0 Å². The van der Waals surface area contributed by atoms with Crippen molar-refractivity contribution in [3.63, 3.8) is 0 Å². The van der Waals surface area contributed by atoms with Crippen molar-refractivity contribution in [1.82, 2.24) is 20.0 Å². The minimum absolute atomic E-state index is 0.845. The summed E-state index contributed by atoms with van der Waals surface area (Å²) in [7, 11) is 1.90. The van der Waals surface area contributed by atoms with Gasteiger partial charge in [-0.25, -0.2) is 0 Å². The Balaban J connectivity index is 1.84. The average molecular weight is 204 g/mol. The Hall–Kier alpha value is -1.31. The fraction of sp³-hybridized carbons (Fsp3) is 0.545. The minimum atomic E-state index is 0.845. The van der Waals surface area contributed by atoms with Gasteiger partial charge >= 0.3 is 0 Å². The fourth-order valence-corrected chi connectivity index (χ4v) is 1.59. The first-order valence-corrected chi connectivity index (χ1v) is 5.26. The standard InChI is InChI=1S/C11H16N4/c1-14-8-4-11(13-14)3-2-7-15-9-5-12-6-10-15/h4,8,12H,5-7,9-10H2,1H3. The number of rotatable bonds is 1. The smallest absolute Gasteiger partial charge is 0.135 e. The number of hydrogen-bond donors (Lipinski definition) is 1. The molecule has 0 atom stereocenters. The molecule has 1 fully saturated rings. The number of nitrogens with zero attached hydrogens (tertiary/aromatic N) is 3. The topological polar surface area (TPSA) is 33.1 Å². The predicted octanol–water partition coefficient (Wildman–Crippen LogP) is -0.323. The lowest BCUT2D eigenvalue weighted by atomic mass is 10.3. The van der Waals surface area contributed by atoms with E-state index in [1.165, 1.54) is 0 Å². The van der Waals surface area contributed by atoms with E-state index in [0.29, 0.717) is 0 Å². The minimum Gasteiger partial charge on any atom is -0.314 e. The Labute approximate surface area is 90.3 Å². The largest absolute Gasteiger partial charge is 0.314 e. The van der Waals surface area contributed by atoms with Crippen LogP contribution in [-0.2, 0) is 7.05 Å². The van der Waals surface area contributed by atoms with Gasteiger partial charge in [-0.05, 0) is 12.0 Å². The molecule has 80 valence electrons. The van der Waals surface area contributed by atoms with Crippen molar-refractivity contribution in [2.45, 2.75) is 0 Å². The highest BCUT2D eigenvalue weighted by atomic mass is 15.2. The molecule has 0 bridgehead atoms. The molecule has 4 nitrogen and oxygen atoms in total. The van der Waals surface area contributed by atoms with Crippen molar-refractivity contribution < 1.29 is 0 Å². The lowest BCUT2D eigenvalue weighted by molar-refractivity contribution is 0.268. The van der Waals surface area contributed by atoms with Gasteiger partial charge in [0, 0.05) is 39.4 Å². The number of hydrogen-bond acceptors (Lipinski definition) is 3. The van der Waals surface area contributed by atoms with Gasteiger partial charge in [0.1, 0.15) is 5.69 Å². The summed E-state index contributed by atoms with van der Waals surface area (Å²) in [6.45, 7) is 5.18. The van der Waals surface area contributed by atoms with Gasteiger partial charge in [-0.15, -0.1) is 0 Å². The predicted molar refractivity (Wildman–Crippen MR) is 59.4 cm³/mol. The van der Waals surface area contributed by atoms with E-state index in [0.717, 1.165) is 38.4 Å². The molecule has 0 amide bonds. The van der Waals surface area contributed by atoms with Crippen LogP contribution >= 0.6 is 0 Å². The molecule has 0 unspecified atom stereocenters. The molecule has 1 N–H and O–H groups in total. The van der Waals surface area contributed by atoms with E-state index in [4.69, 9.17) is 0 Å². The summed E-state index contributed by atoms with van der Waals surface area (Å²) in [6.07, 6.45) is 1.91. The lowest BCUT2D eigenvalue weighted by Crippen LogP contribution is -2.43. The van der Waals surface area contributed by atoms with Crippen molar-refractivity contribution in [2.75, 3.05) is 32.7 Å². The van der Waals surface area contributed by atoms with E-state index in [1.807, 2.05) is 19.3 Å². The number of aryl methyl sites for hydroxylation is 1. The SMILES string of the molecule is Cn1ccc(C#CCN2CCNCC2)n1. The molecule has 0 aromatic carbocycles. The molecule has 0 aliphatic carbocycles. The van der Waals surface area contributed by atoms with E-state index in [2.05, 4.69) is 27.2 Å². The van der Waals surface area contributed by atoms with Crippen molar-refractivity contribution in [3.05, 3.63) is 18.0 Å². The second-order valence-corrected chi connectivity index (χ2v) is 3.70. The summed E-state index contributed by atoms with van der Waals surface area (Å²) in [5.41, 5.74) is 0.854. The Morgan fingerprint density at radius 3 is 2.93 bits per heavy atom. The Kier molecular flexibility index (Phi) is 3.38. The van der Waals surface area contributed by atoms with Crippen molar-refractivity contribution in [1.29, 1.82) is 0 Å². The summed E-state index contributed by atoms with van der Waals surface area (Å²) in [4.78, 5) is 2.35. The third-order valence-electron chi connectivity index (χ3n) is 2.44. The maximum Gasteiger partial charge on any atom is 0.135 e.